The van der Waals surface area contributed by atoms with Gasteiger partial charge in [0.05, 0.1) is 18.2 Å². The smallest absolute Gasteiger partial charge is 0.294 e. The van der Waals surface area contributed by atoms with Gasteiger partial charge < -0.3 is 20.1 Å². The highest BCUT2D eigenvalue weighted by molar-refractivity contribution is 6.21. The first kappa shape index (κ1) is 23.5. The number of aromatic nitrogens is 1. The molecule has 9 nitrogen and oxygen atoms in total. The lowest BCUT2D eigenvalue weighted by atomic mass is 9.79. The fourth-order valence-corrected chi connectivity index (χ4v) is 5.05. The van der Waals surface area contributed by atoms with Crippen LogP contribution in [-0.2, 0) is 11.2 Å². The van der Waals surface area contributed by atoms with Gasteiger partial charge in [0, 0.05) is 35.0 Å². The summed E-state index contributed by atoms with van der Waals surface area (Å²) in [6.07, 6.45) is 2.49. The lowest BCUT2D eigenvalue weighted by molar-refractivity contribution is -0.117. The molecular formula is C27H25N3O6. The molecule has 0 saturated carbocycles. The number of carbonyl (C=O) groups is 3. The monoisotopic (exact) mass is 487 g/mol. The normalized spacial score (nSPS) is 19.2. The second kappa shape index (κ2) is 9.43. The molecule has 2 heterocycles. The van der Waals surface area contributed by atoms with Gasteiger partial charge in [-0.3, -0.25) is 19.3 Å². The number of amides is 2. The minimum Gasteiger partial charge on any atom is -0.503 e. The number of nitrogens with one attached hydrogen (secondary N) is 1. The van der Waals surface area contributed by atoms with E-state index in [4.69, 9.17) is 9.63 Å². The van der Waals surface area contributed by atoms with Gasteiger partial charge in [-0.15, -0.1) is 0 Å². The summed E-state index contributed by atoms with van der Waals surface area (Å²) in [4.78, 5) is 41.0. The molecule has 3 aromatic rings. The average molecular weight is 488 g/mol. The Kier molecular flexibility index (Phi) is 6.15. The largest absolute Gasteiger partial charge is 0.503 e. The number of anilines is 1. The van der Waals surface area contributed by atoms with Crippen LogP contribution in [0.1, 0.15) is 39.6 Å². The maximum atomic E-state index is 13.6. The Hall–Kier alpha value is -4.24. The van der Waals surface area contributed by atoms with Crippen LogP contribution >= 0.6 is 0 Å². The molecule has 36 heavy (non-hydrogen) atoms. The molecule has 2 aromatic carbocycles. The number of benzene rings is 2. The van der Waals surface area contributed by atoms with Crippen molar-refractivity contribution < 1.29 is 29.1 Å². The molecule has 2 amide bonds. The van der Waals surface area contributed by atoms with E-state index in [1.807, 2.05) is 6.92 Å². The van der Waals surface area contributed by atoms with Crippen molar-refractivity contribution in [1.82, 2.24) is 10.5 Å². The summed E-state index contributed by atoms with van der Waals surface area (Å²) in [5, 5.41) is 26.5. The molecule has 2 bridgehead atoms. The van der Waals surface area contributed by atoms with Crippen LogP contribution in [0.25, 0.3) is 11.3 Å². The molecule has 3 N–H and O–H groups in total. The van der Waals surface area contributed by atoms with E-state index < -0.39 is 23.5 Å². The number of rotatable bonds is 6. The van der Waals surface area contributed by atoms with E-state index in [1.165, 1.54) is 17.2 Å². The second-order valence-electron chi connectivity index (χ2n) is 8.87. The van der Waals surface area contributed by atoms with Crippen LogP contribution in [0, 0.1) is 5.92 Å². The van der Waals surface area contributed by atoms with Crippen molar-refractivity contribution in [1.29, 1.82) is 0 Å². The summed E-state index contributed by atoms with van der Waals surface area (Å²) < 4.78 is 4.90. The highest BCUT2D eigenvalue weighted by Gasteiger charge is 2.47. The van der Waals surface area contributed by atoms with Crippen LogP contribution in [0.4, 0.5) is 5.69 Å². The number of carbonyl (C=O) groups excluding carboxylic acids is 3. The summed E-state index contributed by atoms with van der Waals surface area (Å²) in [5.74, 6) is -2.19. The molecule has 2 aliphatic rings. The van der Waals surface area contributed by atoms with Crippen LogP contribution in [-0.4, -0.2) is 52.2 Å². The van der Waals surface area contributed by atoms with Gasteiger partial charge >= 0.3 is 0 Å². The predicted molar refractivity (Wildman–Crippen MR) is 131 cm³/mol. The molecule has 1 aliphatic carbocycles. The number of aliphatic hydroxyl groups excluding tert-OH is 2. The van der Waals surface area contributed by atoms with Crippen LogP contribution in [0.2, 0.25) is 0 Å². The minimum absolute atomic E-state index is 0.0792. The number of nitrogens with zero attached hydrogens (tertiary/aromatic N) is 2. The molecule has 2 atom stereocenters. The van der Waals surface area contributed by atoms with Crippen molar-refractivity contribution in [2.24, 2.45) is 5.92 Å². The van der Waals surface area contributed by atoms with Crippen molar-refractivity contribution in [3.8, 4) is 11.3 Å². The zero-order valence-corrected chi connectivity index (χ0v) is 19.6. The van der Waals surface area contributed by atoms with E-state index in [-0.39, 0.29) is 30.5 Å². The van der Waals surface area contributed by atoms with Crippen LogP contribution in [0.3, 0.4) is 0 Å². The Balaban J connectivity index is 1.56. The molecular weight excluding hydrogens is 462 g/mol. The molecule has 0 spiro atoms. The number of Topliss-reactive ketones (excluding diaryl/α,β-unsaturated/α-hetero) is 1. The first-order valence-corrected chi connectivity index (χ1v) is 11.8. The number of fused-ring (bicyclic) bond motifs is 3. The fraction of sp³-hybridized carbons (Fsp3) is 0.259. The summed E-state index contributed by atoms with van der Waals surface area (Å²) >= 11 is 0. The van der Waals surface area contributed by atoms with Crippen molar-refractivity contribution in [3.63, 3.8) is 0 Å². The van der Waals surface area contributed by atoms with Crippen LogP contribution in [0.5, 0.6) is 0 Å². The highest BCUT2D eigenvalue weighted by atomic mass is 16.5. The molecule has 0 fully saturated rings. The highest BCUT2D eigenvalue weighted by Crippen LogP contribution is 2.40. The van der Waals surface area contributed by atoms with E-state index in [2.05, 4.69) is 10.5 Å². The zero-order chi connectivity index (χ0) is 25.4. The summed E-state index contributed by atoms with van der Waals surface area (Å²) in [6, 6.07) is 12.9. The summed E-state index contributed by atoms with van der Waals surface area (Å²) in [5.41, 5.74) is 3.47. The lowest BCUT2D eigenvalue weighted by Crippen LogP contribution is -2.43. The molecule has 0 radical (unpaired) electrons. The van der Waals surface area contributed by atoms with Crippen LogP contribution in [0.15, 0.2) is 70.6 Å². The van der Waals surface area contributed by atoms with E-state index in [0.717, 1.165) is 5.56 Å². The van der Waals surface area contributed by atoms with Crippen molar-refractivity contribution >= 4 is 23.3 Å². The van der Waals surface area contributed by atoms with E-state index in [0.29, 0.717) is 40.9 Å². The molecule has 0 saturated heterocycles. The lowest BCUT2D eigenvalue weighted by Gasteiger charge is -2.34. The van der Waals surface area contributed by atoms with Crippen LogP contribution < -0.4 is 10.2 Å². The Labute approximate surface area is 207 Å². The second-order valence-corrected chi connectivity index (χ2v) is 8.87. The molecule has 2 unspecified atom stereocenters. The Morgan fingerprint density at radius 1 is 1.14 bits per heavy atom. The third-order valence-electron chi connectivity index (χ3n) is 6.84. The van der Waals surface area contributed by atoms with Gasteiger partial charge in [-0.1, -0.05) is 36.7 Å². The molecule has 5 rings (SSSR count). The third kappa shape index (κ3) is 3.87. The number of hydrogen-bond acceptors (Lipinski definition) is 7. The van der Waals surface area contributed by atoms with Gasteiger partial charge in [0.15, 0.2) is 11.5 Å². The van der Waals surface area contributed by atoms with Gasteiger partial charge in [0.25, 0.3) is 11.8 Å². The third-order valence-corrected chi connectivity index (χ3v) is 6.84. The number of hydrogen-bond donors (Lipinski definition) is 3. The first-order chi connectivity index (χ1) is 17.4. The first-order valence-electron chi connectivity index (χ1n) is 11.8. The van der Waals surface area contributed by atoms with E-state index >= 15 is 0 Å². The molecule has 1 aromatic heterocycles. The van der Waals surface area contributed by atoms with Crippen molar-refractivity contribution in [2.45, 2.75) is 25.8 Å². The number of ketones is 1. The fourth-order valence-electron chi connectivity index (χ4n) is 5.05. The topological polar surface area (TPSA) is 133 Å². The van der Waals surface area contributed by atoms with Gasteiger partial charge in [-0.2, -0.15) is 0 Å². The van der Waals surface area contributed by atoms with E-state index in [9.17, 15) is 19.5 Å². The Morgan fingerprint density at radius 3 is 2.56 bits per heavy atom. The molecule has 9 heteroatoms. The SMILES string of the molecule is CCC1Cc2cc(ccc2C(=O)NCCO)C(=O)C2=C(O)C(=O)N(c3ccc(-c4ccon4)cc3)C21. The predicted octanol–water partition coefficient (Wildman–Crippen LogP) is 3.06. The van der Waals surface area contributed by atoms with E-state index in [1.54, 1.807) is 42.5 Å². The Morgan fingerprint density at radius 2 is 1.89 bits per heavy atom. The quantitative estimate of drug-likeness (QED) is 0.487. The average Bonchev–Trinajstić information content (AvgIpc) is 3.52. The maximum absolute atomic E-state index is 13.6. The maximum Gasteiger partial charge on any atom is 0.294 e. The van der Waals surface area contributed by atoms with Gasteiger partial charge in [0.1, 0.15) is 12.0 Å². The Bertz CT molecular complexity index is 1360. The zero-order valence-electron chi connectivity index (χ0n) is 19.6. The minimum atomic E-state index is -0.695. The molecule has 1 aliphatic heterocycles. The summed E-state index contributed by atoms with van der Waals surface area (Å²) in [6.45, 7) is 1.89. The van der Waals surface area contributed by atoms with Gasteiger partial charge in [0.2, 0.25) is 0 Å². The van der Waals surface area contributed by atoms with Gasteiger partial charge in [-0.25, -0.2) is 0 Å². The molecule has 184 valence electrons. The summed E-state index contributed by atoms with van der Waals surface area (Å²) in [7, 11) is 0. The standard InChI is InChI=1S/C27H25N3O6/c1-2-15-13-18-14-17(5-8-20(18)26(34)28-10-11-31)24(32)22-23(15)30(27(35)25(22)33)19-6-3-16(4-7-19)21-9-12-36-29-21/h3-9,12,14-15,23,31,33H,2,10-11,13H2,1H3,(H,28,34). The van der Waals surface area contributed by atoms with Crippen molar-refractivity contribution in [2.75, 3.05) is 18.1 Å². The van der Waals surface area contributed by atoms with Gasteiger partial charge in [-0.05, 0) is 42.2 Å². The van der Waals surface area contributed by atoms with Crippen molar-refractivity contribution in [3.05, 3.63) is 82.8 Å². The number of aliphatic hydroxyl groups is 2.